The second-order valence-electron chi connectivity index (χ2n) is 9.09. The minimum Gasteiger partial charge on any atom is -0.452 e. The van der Waals surface area contributed by atoms with Gasteiger partial charge in [0.15, 0.2) is 17.4 Å². The van der Waals surface area contributed by atoms with E-state index in [1.807, 2.05) is 48.2 Å². The first-order valence-corrected chi connectivity index (χ1v) is 13.5. The first-order valence-electron chi connectivity index (χ1n) is 11.9. The lowest BCUT2D eigenvalue weighted by molar-refractivity contribution is -0.130. The number of hydrogen-bond donors (Lipinski definition) is 1. The third kappa shape index (κ3) is 7.36. The van der Waals surface area contributed by atoms with Crippen molar-refractivity contribution in [3.05, 3.63) is 66.5 Å². The summed E-state index contributed by atoms with van der Waals surface area (Å²) in [5.74, 6) is 2.64. The Morgan fingerprint density at radius 1 is 1.08 bits per heavy atom. The van der Waals surface area contributed by atoms with Crippen LogP contribution in [0.4, 0.5) is 10.9 Å². The van der Waals surface area contributed by atoms with Crippen LogP contribution in [0.1, 0.15) is 38.2 Å². The number of carbonyl (C=O) groups excluding carboxylic acids is 1. The van der Waals surface area contributed by atoms with Gasteiger partial charge in [-0.2, -0.15) is 4.37 Å². The van der Waals surface area contributed by atoms with E-state index in [1.165, 1.54) is 23.3 Å². The molecule has 1 aliphatic heterocycles. The van der Waals surface area contributed by atoms with Gasteiger partial charge in [-0.15, -0.1) is 24.8 Å². The van der Waals surface area contributed by atoms with Crippen LogP contribution in [-0.4, -0.2) is 48.2 Å². The summed E-state index contributed by atoms with van der Waals surface area (Å²) in [6.07, 6.45) is 6.94. The number of nitrogens with zero attached hydrogens (tertiary/aromatic N) is 6. The van der Waals surface area contributed by atoms with Gasteiger partial charge in [0.25, 0.3) is 0 Å². The summed E-state index contributed by atoms with van der Waals surface area (Å²) in [5.41, 5.74) is 0.602. The Hall–Kier alpha value is -2.99. The van der Waals surface area contributed by atoms with Crippen molar-refractivity contribution in [3.8, 4) is 11.5 Å². The van der Waals surface area contributed by atoms with Gasteiger partial charge in [-0.3, -0.25) is 9.78 Å². The molecule has 0 aliphatic carbocycles. The number of rotatable bonds is 7. The molecular weight excluding hydrogens is 577 g/mol. The van der Waals surface area contributed by atoms with Crippen molar-refractivity contribution >= 4 is 65.0 Å². The molecule has 5 rings (SSSR count). The molecule has 0 saturated carbocycles. The smallest absolute Gasteiger partial charge is 0.219 e. The van der Waals surface area contributed by atoms with Gasteiger partial charge in [0.2, 0.25) is 11.0 Å². The van der Waals surface area contributed by atoms with Crippen LogP contribution < -0.4 is 10.1 Å². The van der Waals surface area contributed by atoms with Crippen molar-refractivity contribution in [1.29, 1.82) is 0 Å². The molecule has 1 aliphatic rings. The molecule has 1 fully saturated rings. The first kappa shape index (κ1) is 30.6. The standard InChI is InChI=1S/C26H27N7O2S2.2ClH/c1-17-20(7-6-12-27-17)35-21-15-19(36-22-8-4-5-11-28-22)16-29-23(21)30-25-31-24(32-37-25)26(3)9-13-33(14-10-26)18(2)34;;/h4-8,11-12,15-16H,9-10,13-14H2,1-3H3,(H,29,30,31,32);2*1H. The lowest BCUT2D eigenvalue weighted by atomic mass is 9.79. The molecule has 4 aromatic rings. The topological polar surface area (TPSA) is 106 Å². The summed E-state index contributed by atoms with van der Waals surface area (Å²) in [6.45, 7) is 7.11. The Kier molecular flexibility index (Phi) is 10.5. The third-order valence-electron chi connectivity index (χ3n) is 6.37. The van der Waals surface area contributed by atoms with Crippen LogP contribution in [0.2, 0.25) is 0 Å². The van der Waals surface area contributed by atoms with Crippen LogP contribution in [0.15, 0.2) is 64.9 Å². The van der Waals surface area contributed by atoms with Gasteiger partial charge < -0.3 is 15.0 Å². The number of piperidine rings is 1. The zero-order valence-corrected chi connectivity index (χ0v) is 24.9. The normalized spacial score (nSPS) is 14.1. The molecule has 0 atom stereocenters. The van der Waals surface area contributed by atoms with Crippen molar-refractivity contribution < 1.29 is 9.53 Å². The van der Waals surface area contributed by atoms with Crippen LogP contribution in [0.25, 0.3) is 0 Å². The maximum atomic E-state index is 11.7. The van der Waals surface area contributed by atoms with Gasteiger partial charge in [-0.05, 0) is 44.0 Å². The molecule has 13 heteroatoms. The second-order valence-corrected chi connectivity index (χ2v) is 10.9. The quantitative estimate of drug-likeness (QED) is 0.254. The summed E-state index contributed by atoms with van der Waals surface area (Å²) >= 11 is 2.80. The number of halogens is 2. The average Bonchev–Trinajstić information content (AvgIpc) is 3.37. The molecule has 1 saturated heterocycles. The molecule has 39 heavy (non-hydrogen) atoms. The van der Waals surface area contributed by atoms with E-state index in [2.05, 4.69) is 31.6 Å². The number of amides is 1. The average molecular weight is 607 g/mol. The number of likely N-dealkylation sites (tertiary alicyclic amines) is 1. The Morgan fingerprint density at radius 2 is 1.85 bits per heavy atom. The van der Waals surface area contributed by atoms with Crippen molar-refractivity contribution in [2.45, 2.75) is 48.9 Å². The molecule has 1 amide bonds. The third-order valence-corrected chi connectivity index (χ3v) is 7.91. The fourth-order valence-electron chi connectivity index (χ4n) is 4.04. The summed E-state index contributed by atoms with van der Waals surface area (Å²) in [5, 5.41) is 4.81. The van der Waals surface area contributed by atoms with Crippen LogP contribution in [0.3, 0.4) is 0 Å². The van der Waals surface area contributed by atoms with E-state index in [0.29, 0.717) is 35.5 Å². The molecule has 1 N–H and O–H groups in total. The number of nitrogens with one attached hydrogen (secondary N) is 1. The minimum atomic E-state index is -0.175. The number of carbonyl (C=O) groups is 1. The van der Waals surface area contributed by atoms with Crippen molar-refractivity contribution in [1.82, 2.24) is 29.2 Å². The lowest BCUT2D eigenvalue weighted by Crippen LogP contribution is -2.43. The highest BCUT2D eigenvalue weighted by Gasteiger charge is 2.36. The Bertz CT molecular complexity index is 1400. The van der Waals surface area contributed by atoms with E-state index < -0.39 is 0 Å². The van der Waals surface area contributed by atoms with Gasteiger partial charge in [0, 0.05) is 66.5 Å². The van der Waals surface area contributed by atoms with Crippen LogP contribution in [0.5, 0.6) is 11.5 Å². The molecule has 206 valence electrons. The molecule has 0 unspecified atom stereocenters. The number of aromatic nitrogens is 5. The molecular formula is C26H29Cl2N7O2S2. The number of aryl methyl sites for hydroxylation is 1. The molecule has 0 aromatic carbocycles. The van der Waals surface area contributed by atoms with E-state index in [4.69, 9.17) is 9.72 Å². The number of hydrogen-bond acceptors (Lipinski definition) is 10. The predicted molar refractivity (Wildman–Crippen MR) is 158 cm³/mol. The van der Waals surface area contributed by atoms with Gasteiger partial charge in [0.1, 0.15) is 10.8 Å². The summed E-state index contributed by atoms with van der Waals surface area (Å²) < 4.78 is 10.9. The number of pyridine rings is 3. The van der Waals surface area contributed by atoms with E-state index in [0.717, 1.165) is 34.3 Å². The highest BCUT2D eigenvalue weighted by atomic mass is 35.5. The molecule has 0 radical (unpaired) electrons. The largest absolute Gasteiger partial charge is 0.452 e. The van der Waals surface area contributed by atoms with Crippen LogP contribution in [-0.2, 0) is 10.2 Å². The molecule has 0 spiro atoms. The first-order chi connectivity index (χ1) is 17.9. The van der Waals surface area contributed by atoms with Crippen LogP contribution >= 0.6 is 48.1 Å². The van der Waals surface area contributed by atoms with Gasteiger partial charge in [0.05, 0.1) is 5.69 Å². The van der Waals surface area contributed by atoms with E-state index in [1.54, 1.807) is 25.5 Å². The van der Waals surface area contributed by atoms with E-state index >= 15 is 0 Å². The fraction of sp³-hybridized carbons (Fsp3) is 0.308. The van der Waals surface area contributed by atoms with Gasteiger partial charge in [-0.25, -0.2) is 15.0 Å². The Labute approximate surface area is 248 Å². The zero-order valence-electron chi connectivity index (χ0n) is 21.7. The molecule has 5 heterocycles. The van der Waals surface area contributed by atoms with Crippen LogP contribution in [0, 0.1) is 6.92 Å². The summed E-state index contributed by atoms with van der Waals surface area (Å²) in [6, 6.07) is 11.4. The zero-order chi connectivity index (χ0) is 25.8. The monoisotopic (exact) mass is 605 g/mol. The summed E-state index contributed by atoms with van der Waals surface area (Å²) in [4.78, 5) is 32.7. The highest BCUT2D eigenvalue weighted by molar-refractivity contribution is 7.99. The maximum absolute atomic E-state index is 11.7. The molecule has 9 nitrogen and oxygen atoms in total. The van der Waals surface area contributed by atoms with Gasteiger partial charge >= 0.3 is 0 Å². The highest BCUT2D eigenvalue weighted by Crippen LogP contribution is 2.38. The molecule has 0 bridgehead atoms. The summed E-state index contributed by atoms with van der Waals surface area (Å²) in [7, 11) is 0. The van der Waals surface area contributed by atoms with Crippen molar-refractivity contribution in [2.75, 3.05) is 18.4 Å². The van der Waals surface area contributed by atoms with Crippen molar-refractivity contribution in [2.24, 2.45) is 0 Å². The number of anilines is 2. The number of ether oxygens (including phenoxy) is 1. The van der Waals surface area contributed by atoms with Crippen molar-refractivity contribution in [3.63, 3.8) is 0 Å². The van der Waals surface area contributed by atoms with Gasteiger partial charge in [-0.1, -0.05) is 24.8 Å². The molecule has 4 aromatic heterocycles. The SMILES string of the molecule is CC(=O)N1CCC(C)(c2nsc(Nc3ncc(Sc4ccccn4)cc3Oc3cccnc3C)n2)CC1.Cl.Cl. The van der Waals surface area contributed by atoms with E-state index in [9.17, 15) is 4.79 Å². The fourth-order valence-corrected chi connectivity index (χ4v) is 5.51. The Morgan fingerprint density at radius 3 is 2.54 bits per heavy atom. The van der Waals surface area contributed by atoms with E-state index in [-0.39, 0.29) is 36.1 Å². The Balaban J connectivity index is 0.00000210. The predicted octanol–water partition coefficient (Wildman–Crippen LogP) is 6.46. The minimum absolute atomic E-state index is 0. The lowest BCUT2D eigenvalue weighted by Gasteiger charge is -2.37. The maximum Gasteiger partial charge on any atom is 0.219 e. The second kappa shape index (κ2) is 13.4.